The zero-order valence-corrected chi connectivity index (χ0v) is 11.4. The number of amides is 1. The van der Waals surface area contributed by atoms with Crippen LogP contribution in [0.15, 0.2) is 42.6 Å². The smallest absolute Gasteiger partial charge is 0.228 e. The number of hydrogen-bond acceptors (Lipinski definition) is 3. The van der Waals surface area contributed by atoms with E-state index < -0.39 is 0 Å². The van der Waals surface area contributed by atoms with Crippen molar-refractivity contribution in [3.63, 3.8) is 0 Å². The van der Waals surface area contributed by atoms with E-state index in [0.717, 1.165) is 24.2 Å². The molecule has 2 aromatic rings. The molecule has 0 atom stereocenters. The number of benzene rings is 1. The quantitative estimate of drug-likeness (QED) is 0.891. The van der Waals surface area contributed by atoms with Crippen molar-refractivity contribution < 1.29 is 4.79 Å². The highest BCUT2D eigenvalue weighted by atomic mass is 16.2. The lowest BCUT2D eigenvalue weighted by atomic mass is 10.2. The first-order valence-electron chi connectivity index (χ1n) is 6.82. The molecule has 1 amide bonds. The van der Waals surface area contributed by atoms with Gasteiger partial charge in [-0.1, -0.05) is 18.2 Å². The van der Waals surface area contributed by atoms with Crippen LogP contribution in [0.4, 0.5) is 17.2 Å². The van der Waals surface area contributed by atoms with Gasteiger partial charge < -0.3 is 10.6 Å². The Kier molecular flexibility index (Phi) is 3.37. The van der Waals surface area contributed by atoms with Crippen LogP contribution < -0.4 is 10.6 Å². The van der Waals surface area contributed by atoms with Crippen molar-refractivity contribution in [2.45, 2.75) is 19.8 Å². The molecule has 3 rings (SSSR count). The van der Waals surface area contributed by atoms with Crippen LogP contribution in [0.3, 0.4) is 0 Å². The average Bonchev–Trinajstić information content (AvgIpc) is 3.28. The van der Waals surface area contributed by atoms with Gasteiger partial charge in [0.25, 0.3) is 0 Å². The Labute approximate surface area is 118 Å². The van der Waals surface area contributed by atoms with E-state index in [0.29, 0.717) is 5.82 Å². The van der Waals surface area contributed by atoms with Crippen molar-refractivity contribution in [1.29, 1.82) is 0 Å². The molecule has 20 heavy (non-hydrogen) atoms. The fraction of sp³-hybridized carbons (Fsp3) is 0.250. The summed E-state index contributed by atoms with van der Waals surface area (Å²) in [5.41, 5.74) is 3.14. The van der Waals surface area contributed by atoms with Gasteiger partial charge in [0.2, 0.25) is 5.91 Å². The van der Waals surface area contributed by atoms with Gasteiger partial charge in [-0.05, 0) is 43.5 Å². The van der Waals surface area contributed by atoms with Gasteiger partial charge in [-0.3, -0.25) is 4.79 Å². The van der Waals surface area contributed by atoms with Gasteiger partial charge in [-0.2, -0.15) is 0 Å². The minimum absolute atomic E-state index is 0.0807. The minimum atomic E-state index is 0.0807. The van der Waals surface area contributed by atoms with E-state index in [2.05, 4.69) is 28.6 Å². The highest BCUT2D eigenvalue weighted by molar-refractivity contribution is 5.93. The summed E-state index contributed by atoms with van der Waals surface area (Å²) in [5.74, 6) is 0.885. The summed E-state index contributed by atoms with van der Waals surface area (Å²) >= 11 is 0. The first-order valence-corrected chi connectivity index (χ1v) is 6.82. The van der Waals surface area contributed by atoms with E-state index in [1.165, 1.54) is 5.56 Å². The van der Waals surface area contributed by atoms with Crippen molar-refractivity contribution in [3.8, 4) is 0 Å². The van der Waals surface area contributed by atoms with Crippen molar-refractivity contribution in [2.24, 2.45) is 5.92 Å². The van der Waals surface area contributed by atoms with Crippen molar-refractivity contribution in [1.82, 2.24) is 4.98 Å². The SMILES string of the molecule is Cc1ccccc1Nc1ccc(NC(=O)C2CC2)nc1. The molecule has 1 aliphatic carbocycles. The Morgan fingerprint density at radius 3 is 2.65 bits per heavy atom. The summed E-state index contributed by atoms with van der Waals surface area (Å²) in [6, 6.07) is 11.8. The number of nitrogens with zero attached hydrogens (tertiary/aromatic N) is 1. The molecule has 0 aliphatic heterocycles. The monoisotopic (exact) mass is 267 g/mol. The molecule has 0 unspecified atom stereocenters. The molecule has 1 aromatic carbocycles. The highest BCUT2D eigenvalue weighted by Gasteiger charge is 2.29. The van der Waals surface area contributed by atoms with E-state index in [1.807, 2.05) is 30.3 Å². The summed E-state index contributed by atoms with van der Waals surface area (Å²) < 4.78 is 0. The molecule has 0 bridgehead atoms. The molecule has 1 aliphatic rings. The maximum absolute atomic E-state index is 11.6. The minimum Gasteiger partial charge on any atom is -0.354 e. The largest absolute Gasteiger partial charge is 0.354 e. The van der Waals surface area contributed by atoms with Crippen LogP contribution in [-0.4, -0.2) is 10.9 Å². The van der Waals surface area contributed by atoms with Crippen LogP contribution in [0.25, 0.3) is 0 Å². The number of aromatic nitrogens is 1. The lowest BCUT2D eigenvalue weighted by molar-refractivity contribution is -0.117. The topological polar surface area (TPSA) is 54.0 Å². The van der Waals surface area contributed by atoms with Gasteiger partial charge in [0.1, 0.15) is 5.82 Å². The Bertz CT molecular complexity index is 618. The number of pyridine rings is 1. The molecule has 1 saturated carbocycles. The third kappa shape index (κ3) is 2.96. The van der Waals surface area contributed by atoms with Crippen LogP contribution in [0, 0.1) is 12.8 Å². The molecule has 1 heterocycles. The second-order valence-corrected chi connectivity index (χ2v) is 5.14. The predicted octanol–water partition coefficient (Wildman–Crippen LogP) is 3.48. The first kappa shape index (κ1) is 12.7. The van der Waals surface area contributed by atoms with Crippen LogP contribution in [0.1, 0.15) is 18.4 Å². The maximum atomic E-state index is 11.6. The second-order valence-electron chi connectivity index (χ2n) is 5.14. The molecule has 2 N–H and O–H groups in total. The third-order valence-electron chi connectivity index (χ3n) is 3.39. The maximum Gasteiger partial charge on any atom is 0.228 e. The van der Waals surface area contributed by atoms with Crippen molar-refractivity contribution >= 4 is 23.1 Å². The fourth-order valence-corrected chi connectivity index (χ4v) is 1.98. The number of rotatable bonds is 4. The Balaban J connectivity index is 1.66. The number of nitrogens with one attached hydrogen (secondary N) is 2. The van der Waals surface area contributed by atoms with Gasteiger partial charge in [-0.15, -0.1) is 0 Å². The fourth-order valence-electron chi connectivity index (χ4n) is 1.98. The van der Waals surface area contributed by atoms with E-state index in [1.54, 1.807) is 6.20 Å². The number of carbonyl (C=O) groups excluding carboxylic acids is 1. The van der Waals surface area contributed by atoms with Crippen molar-refractivity contribution in [3.05, 3.63) is 48.2 Å². The molecule has 102 valence electrons. The van der Waals surface area contributed by atoms with Crippen LogP contribution in [0.2, 0.25) is 0 Å². The second kappa shape index (κ2) is 5.33. The lowest BCUT2D eigenvalue weighted by Crippen LogP contribution is -2.14. The standard InChI is InChI=1S/C16H17N3O/c1-11-4-2-3-5-14(11)18-13-8-9-15(17-10-13)19-16(20)12-6-7-12/h2-5,8-10,12,18H,6-7H2,1H3,(H,17,19,20). The summed E-state index contributed by atoms with van der Waals surface area (Å²) in [4.78, 5) is 15.9. The lowest BCUT2D eigenvalue weighted by Gasteiger charge is -2.09. The molecule has 1 aromatic heterocycles. The van der Waals surface area contributed by atoms with Crippen molar-refractivity contribution in [2.75, 3.05) is 10.6 Å². The van der Waals surface area contributed by atoms with E-state index in [4.69, 9.17) is 0 Å². The number of para-hydroxylation sites is 1. The van der Waals surface area contributed by atoms with Gasteiger partial charge >= 0.3 is 0 Å². The van der Waals surface area contributed by atoms with Crippen LogP contribution in [-0.2, 0) is 4.79 Å². The number of carbonyl (C=O) groups is 1. The zero-order chi connectivity index (χ0) is 13.9. The Morgan fingerprint density at radius 2 is 2.00 bits per heavy atom. The van der Waals surface area contributed by atoms with Gasteiger partial charge in [0.05, 0.1) is 11.9 Å². The first-order chi connectivity index (χ1) is 9.72. The van der Waals surface area contributed by atoms with Gasteiger partial charge in [0, 0.05) is 11.6 Å². The normalized spacial score (nSPS) is 13.8. The molecular formula is C16H17N3O. The number of hydrogen-bond donors (Lipinski definition) is 2. The molecule has 0 radical (unpaired) electrons. The molecule has 4 heteroatoms. The highest BCUT2D eigenvalue weighted by Crippen LogP contribution is 2.30. The summed E-state index contributed by atoms with van der Waals surface area (Å²) in [6.07, 6.45) is 3.73. The molecular weight excluding hydrogens is 250 g/mol. The van der Waals surface area contributed by atoms with E-state index >= 15 is 0 Å². The molecule has 0 spiro atoms. The predicted molar refractivity (Wildman–Crippen MR) is 80.1 cm³/mol. The Hall–Kier alpha value is -2.36. The van der Waals surface area contributed by atoms with Crippen LogP contribution in [0.5, 0.6) is 0 Å². The summed E-state index contributed by atoms with van der Waals surface area (Å²) in [6.45, 7) is 2.06. The van der Waals surface area contributed by atoms with E-state index in [-0.39, 0.29) is 11.8 Å². The summed E-state index contributed by atoms with van der Waals surface area (Å²) in [7, 11) is 0. The van der Waals surface area contributed by atoms with E-state index in [9.17, 15) is 4.79 Å². The Morgan fingerprint density at radius 1 is 1.20 bits per heavy atom. The molecule has 4 nitrogen and oxygen atoms in total. The number of anilines is 3. The number of aryl methyl sites for hydroxylation is 1. The average molecular weight is 267 g/mol. The summed E-state index contributed by atoms with van der Waals surface area (Å²) in [5, 5.41) is 6.14. The molecule has 0 saturated heterocycles. The third-order valence-corrected chi connectivity index (χ3v) is 3.39. The zero-order valence-electron chi connectivity index (χ0n) is 11.4. The van der Waals surface area contributed by atoms with Gasteiger partial charge in [0.15, 0.2) is 0 Å². The van der Waals surface area contributed by atoms with Gasteiger partial charge in [-0.25, -0.2) is 4.98 Å². The van der Waals surface area contributed by atoms with Crippen LogP contribution >= 0.6 is 0 Å². The molecule has 1 fully saturated rings.